The molecular formula is C18H15ClN2O5. The number of para-hydroxylation sites is 1. The predicted molar refractivity (Wildman–Crippen MR) is 96.4 cm³/mol. The molecule has 26 heavy (non-hydrogen) atoms. The quantitative estimate of drug-likeness (QED) is 0.347. The predicted octanol–water partition coefficient (Wildman–Crippen LogP) is 3.12. The number of halogens is 1. The summed E-state index contributed by atoms with van der Waals surface area (Å²) in [6, 6.07) is 12.9. The van der Waals surface area contributed by atoms with Crippen LogP contribution in [-0.2, 0) is 20.9 Å². The molecule has 0 spiro atoms. The minimum absolute atomic E-state index is 0.128. The first kappa shape index (κ1) is 19.1. The Kier molecular flexibility index (Phi) is 6.87. The maximum Gasteiger partial charge on any atom is 0.331 e. The molecule has 2 rings (SSSR count). The van der Waals surface area contributed by atoms with Crippen molar-refractivity contribution in [1.82, 2.24) is 5.32 Å². The number of ether oxygens (including phenoxy) is 1. The number of esters is 1. The monoisotopic (exact) mass is 374 g/mol. The first-order valence-corrected chi connectivity index (χ1v) is 7.93. The molecule has 0 saturated heterocycles. The summed E-state index contributed by atoms with van der Waals surface area (Å²) in [5, 5.41) is 14.1. The van der Waals surface area contributed by atoms with Gasteiger partial charge >= 0.3 is 5.97 Å². The van der Waals surface area contributed by atoms with E-state index in [1.165, 1.54) is 24.3 Å². The molecule has 0 aliphatic rings. The van der Waals surface area contributed by atoms with Crippen LogP contribution in [0.25, 0.3) is 6.08 Å². The van der Waals surface area contributed by atoms with E-state index < -0.39 is 23.4 Å². The molecule has 0 bridgehead atoms. The van der Waals surface area contributed by atoms with E-state index in [-0.39, 0.29) is 17.8 Å². The van der Waals surface area contributed by atoms with E-state index in [0.29, 0.717) is 5.02 Å². The maximum absolute atomic E-state index is 11.7. The molecule has 7 nitrogen and oxygen atoms in total. The van der Waals surface area contributed by atoms with Crippen molar-refractivity contribution in [2.24, 2.45) is 0 Å². The van der Waals surface area contributed by atoms with Crippen LogP contribution in [0.5, 0.6) is 0 Å². The Morgan fingerprint density at radius 3 is 2.54 bits per heavy atom. The number of benzene rings is 2. The smallest absolute Gasteiger partial charge is 0.331 e. The average molecular weight is 375 g/mol. The van der Waals surface area contributed by atoms with Gasteiger partial charge in [-0.2, -0.15) is 0 Å². The lowest BCUT2D eigenvalue weighted by molar-refractivity contribution is -0.385. The number of amides is 1. The van der Waals surface area contributed by atoms with Gasteiger partial charge in [0.05, 0.1) is 10.5 Å². The topological polar surface area (TPSA) is 98.5 Å². The number of hydrogen-bond donors (Lipinski definition) is 1. The Bertz CT molecular complexity index is 834. The van der Waals surface area contributed by atoms with Crippen LogP contribution in [0.2, 0.25) is 5.02 Å². The third-order valence-corrected chi connectivity index (χ3v) is 3.53. The number of nitro benzene ring substituents is 1. The van der Waals surface area contributed by atoms with Gasteiger partial charge in [0.1, 0.15) is 0 Å². The fraction of sp³-hybridized carbons (Fsp3) is 0.111. The van der Waals surface area contributed by atoms with Crippen LogP contribution >= 0.6 is 11.6 Å². The Balaban J connectivity index is 1.80. The molecule has 0 radical (unpaired) electrons. The van der Waals surface area contributed by atoms with Crippen LogP contribution in [-0.4, -0.2) is 23.4 Å². The highest BCUT2D eigenvalue weighted by Gasteiger charge is 2.10. The van der Waals surface area contributed by atoms with E-state index in [0.717, 1.165) is 11.6 Å². The van der Waals surface area contributed by atoms with Gasteiger partial charge in [-0.1, -0.05) is 35.9 Å². The van der Waals surface area contributed by atoms with Crippen molar-refractivity contribution in [3.05, 3.63) is 80.9 Å². The number of nitro groups is 1. The zero-order valence-corrected chi connectivity index (χ0v) is 14.3. The fourth-order valence-corrected chi connectivity index (χ4v) is 2.12. The van der Waals surface area contributed by atoms with Gasteiger partial charge in [-0.05, 0) is 29.8 Å². The van der Waals surface area contributed by atoms with Gasteiger partial charge in [0.25, 0.3) is 11.6 Å². The van der Waals surface area contributed by atoms with Crippen LogP contribution in [0.15, 0.2) is 54.6 Å². The summed E-state index contributed by atoms with van der Waals surface area (Å²) in [5.74, 6) is -1.24. The van der Waals surface area contributed by atoms with Crippen molar-refractivity contribution >= 4 is 35.2 Å². The fourth-order valence-electron chi connectivity index (χ4n) is 1.99. The standard InChI is InChI=1S/C18H15ClN2O5/c19-15-8-5-13(6-9-15)11-20-17(22)12-26-18(23)10-7-14-3-1-2-4-16(14)21(24)25/h1-10H,11-12H2,(H,20,22)/b10-7+. The molecule has 8 heteroatoms. The number of nitrogens with one attached hydrogen (secondary N) is 1. The lowest BCUT2D eigenvalue weighted by Gasteiger charge is -2.05. The first-order valence-electron chi connectivity index (χ1n) is 7.55. The summed E-state index contributed by atoms with van der Waals surface area (Å²) >= 11 is 5.77. The molecule has 0 fully saturated rings. The number of rotatable bonds is 7. The van der Waals surface area contributed by atoms with E-state index in [1.807, 2.05) is 0 Å². The van der Waals surface area contributed by atoms with Crippen LogP contribution in [0, 0.1) is 10.1 Å². The van der Waals surface area contributed by atoms with Crippen molar-refractivity contribution in [2.75, 3.05) is 6.61 Å². The summed E-state index contributed by atoms with van der Waals surface area (Å²) in [6.45, 7) is -0.173. The molecule has 0 heterocycles. The van der Waals surface area contributed by atoms with Crippen molar-refractivity contribution < 1.29 is 19.2 Å². The lowest BCUT2D eigenvalue weighted by Crippen LogP contribution is -2.28. The Labute approximate surface area is 154 Å². The van der Waals surface area contributed by atoms with Gasteiger partial charge in [0.15, 0.2) is 6.61 Å². The molecule has 0 atom stereocenters. The van der Waals surface area contributed by atoms with E-state index in [1.54, 1.807) is 30.3 Å². The summed E-state index contributed by atoms with van der Waals surface area (Å²) < 4.78 is 4.80. The third-order valence-electron chi connectivity index (χ3n) is 3.28. The molecule has 0 saturated carbocycles. The van der Waals surface area contributed by atoms with E-state index in [4.69, 9.17) is 16.3 Å². The Morgan fingerprint density at radius 1 is 1.15 bits per heavy atom. The van der Waals surface area contributed by atoms with Crippen molar-refractivity contribution in [3.8, 4) is 0 Å². The minimum Gasteiger partial charge on any atom is -0.452 e. The van der Waals surface area contributed by atoms with Gasteiger partial charge in [0, 0.05) is 23.7 Å². The minimum atomic E-state index is -0.773. The van der Waals surface area contributed by atoms with Crippen LogP contribution in [0.4, 0.5) is 5.69 Å². The SMILES string of the molecule is O=C(COC(=O)/C=C/c1ccccc1[N+](=O)[O-])NCc1ccc(Cl)cc1. The van der Waals surface area contributed by atoms with Crippen molar-refractivity contribution in [1.29, 1.82) is 0 Å². The van der Waals surface area contributed by atoms with Crippen molar-refractivity contribution in [3.63, 3.8) is 0 Å². The first-order chi connectivity index (χ1) is 12.5. The third kappa shape index (κ3) is 6.03. The van der Waals surface area contributed by atoms with Gasteiger partial charge in [0.2, 0.25) is 0 Å². The highest BCUT2D eigenvalue weighted by atomic mass is 35.5. The second-order valence-corrected chi connectivity index (χ2v) is 5.60. The number of nitrogens with zero attached hydrogens (tertiary/aromatic N) is 1. The summed E-state index contributed by atoms with van der Waals surface area (Å²) in [4.78, 5) is 33.7. The highest BCUT2D eigenvalue weighted by molar-refractivity contribution is 6.30. The molecule has 0 aliphatic carbocycles. The molecule has 0 aromatic heterocycles. The van der Waals surface area contributed by atoms with Gasteiger partial charge in [-0.15, -0.1) is 0 Å². The molecule has 2 aromatic rings. The second kappa shape index (κ2) is 9.33. The Morgan fingerprint density at radius 2 is 1.85 bits per heavy atom. The molecule has 1 N–H and O–H groups in total. The van der Waals surface area contributed by atoms with Crippen LogP contribution < -0.4 is 5.32 Å². The van der Waals surface area contributed by atoms with E-state index in [2.05, 4.69) is 5.32 Å². The molecule has 1 amide bonds. The number of carbonyl (C=O) groups excluding carboxylic acids is 2. The maximum atomic E-state index is 11.7. The van der Waals surface area contributed by atoms with Crippen LogP contribution in [0.1, 0.15) is 11.1 Å². The normalized spacial score (nSPS) is 10.5. The van der Waals surface area contributed by atoms with Gasteiger partial charge < -0.3 is 10.1 Å². The number of hydrogen-bond acceptors (Lipinski definition) is 5. The summed E-state index contributed by atoms with van der Waals surface area (Å²) in [7, 11) is 0. The Hall–Kier alpha value is -3.19. The van der Waals surface area contributed by atoms with Gasteiger partial charge in [-0.25, -0.2) is 4.79 Å². The molecule has 134 valence electrons. The van der Waals surface area contributed by atoms with E-state index in [9.17, 15) is 19.7 Å². The van der Waals surface area contributed by atoms with Crippen molar-refractivity contribution in [2.45, 2.75) is 6.54 Å². The largest absolute Gasteiger partial charge is 0.452 e. The zero-order chi connectivity index (χ0) is 18.9. The second-order valence-electron chi connectivity index (χ2n) is 5.16. The lowest BCUT2D eigenvalue weighted by atomic mass is 10.1. The molecule has 2 aromatic carbocycles. The highest BCUT2D eigenvalue weighted by Crippen LogP contribution is 2.18. The zero-order valence-electron chi connectivity index (χ0n) is 13.6. The summed E-state index contributed by atoms with van der Waals surface area (Å²) in [5.41, 5.74) is 0.990. The summed E-state index contributed by atoms with van der Waals surface area (Å²) in [6.07, 6.45) is 2.31. The van der Waals surface area contributed by atoms with Crippen LogP contribution in [0.3, 0.4) is 0 Å². The van der Waals surface area contributed by atoms with E-state index >= 15 is 0 Å². The van der Waals surface area contributed by atoms with Gasteiger partial charge in [-0.3, -0.25) is 14.9 Å². The average Bonchev–Trinajstić information content (AvgIpc) is 2.64. The molecule has 0 unspecified atom stereocenters. The molecular weight excluding hydrogens is 360 g/mol. The number of carbonyl (C=O) groups is 2. The molecule has 0 aliphatic heterocycles.